The first-order valence-corrected chi connectivity index (χ1v) is 12.6. The number of hydrogen-bond donors (Lipinski definition) is 5. The third kappa shape index (κ3) is 4.34. The fourth-order valence-electron chi connectivity index (χ4n) is 6.50. The zero-order valence-electron chi connectivity index (χ0n) is 21.2. The Bertz CT molecular complexity index is 895. The van der Waals surface area contributed by atoms with Gasteiger partial charge in [-0.25, -0.2) is 0 Å². The van der Waals surface area contributed by atoms with Crippen LogP contribution in [0.5, 0.6) is 0 Å². The van der Waals surface area contributed by atoms with Gasteiger partial charge in [-0.2, -0.15) is 0 Å². The van der Waals surface area contributed by atoms with Gasteiger partial charge < -0.3 is 39.7 Å². The predicted octanol–water partition coefficient (Wildman–Crippen LogP) is 0.609. The number of Topliss-reactive ketones (excluding diaryl/α,β-unsaturated/α-hetero) is 1. The molecule has 4 rings (SSSR count). The van der Waals surface area contributed by atoms with Crippen LogP contribution in [0, 0.1) is 17.3 Å². The number of rotatable bonds is 5. The molecule has 0 aromatic heterocycles. The highest BCUT2D eigenvalue weighted by atomic mass is 16.7. The van der Waals surface area contributed by atoms with E-state index in [4.69, 9.17) is 14.2 Å². The Balaban J connectivity index is 1.80. The molecule has 0 aromatic carbocycles. The first kappa shape index (κ1) is 26.9. The van der Waals surface area contributed by atoms with E-state index < -0.39 is 60.4 Å². The van der Waals surface area contributed by atoms with Gasteiger partial charge in [0.2, 0.25) is 0 Å². The summed E-state index contributed by atoms with van der Waals surface area (Å²) < 4.78 is 17.2. The molecule has 9 heteroatoms. The Labute approximate surface area is 206 Å². The van der Waals surface area contributed by atoms with Crippen molar-refractivity contribution in [1.29, 1.82) is 0 Å². The lowest BCUT2D eigenvalue weighted by Gasteiger charge is -2.46. The fourth-order valence-corrected chi connectivity index (χ4v) is 6.50. The third-order valence-electron chi connectivity index (χ3n) is 8.65. The Morgan fingerprint density at radius 1 is 1.03 bits per heavy atom. The molecular weight excluding hydrogens is 456 g/mol. The smallest absolute Gasteiger partial charge is 0.187 e. The highest BCUT2D eigenvalue weighted by Gasteiger charge is 2.55. The summed E-state index contributed by atoms with van der Waals surface area (Å²) >= 11 is 0. The number of carbonyl (C=O) groups excluding carboxylic acids is 1. The largest absolute Gasteiger partial charge is 0.389 e. The number of ether oxygens (including phenoxy) is 3. The topological polar surface area (TPSA) is 146 Å². The van der Waals surface area contributed by atoms with Gasteiger partial charge in [0.25, 0.3) is 0 Å². The molecule has 1 fully saturated rings. The molecule has 4 aliphatic rings. The monoisotopic (exact) mass is 496 g/mol. The van der Waals surface area contributed by atoms with Crippen LogP contribution in [-0.2, 0) is 19.0 Å². The first-order chi connectivity index (χ1) is 16.4. The van der Waals surface area contributed by atoms with Gasteiger partial charge in [-0.05, 0) is 30.8 Å². The SMILES string of the molecule is COCC1OC(OC2C3=C(C(C)C)CCC3(C)C(O)C3=C(CCC3=O)C(C)C2O)C(O)C(O)C1O. The van der Waals surface area contributed by atoms with Crippen molar-refractivity contribution < 1.29 is 44.5 Å². The highest BCUT2D eigenvalue weighted by Crippen LogP contribution is 2.55. The third-order valence-corrected chi connectivity index (χ3v) is 8.65. The van der Waals surface area contributed by atoms with E-state index in [9.17, 15) is 30.3 Å². The Kier molecular flexibility index (Phi) is 7.64. The molecular formula is C26H40O9. The van der Waals surface area contributed by atoms with E-state index in [0.717, 1.165) is 16.7 Å². The molecule has 1 aliphatic heterocycles. The molecule has 0 spiro atoms. The van der Waals surface area contributed by atoms with Gasteiger partial charge >= 0.3 is 0 Å². The van der Waals surface area contributed by atoms with Crippen LogP contribution in [-0.4, -0.2) is 94.1 Å². The average molecular weight is 497 g/mol. The van der Waals surface area contributed by atoms with Crippen LogP contribution >= 0.6 is 0 Å². The van der Waals surface area contributed by atoms with E-state index in [0.29, 0.717) is 31.3 Å². The maximum Gasteiger partial charge on any atom is 0.187 e. The van der Waals surface area contributed by atoms with Gasteiger partial charge in [0, 0.05) is 30.4 Å². The zero-order valence-corrected chi connectivity index (χ0v) is 21.2. The number of hydrogen-bond acceptors (Lipinski definition) is 9. The Hall–Kier alpha value is -1.17. The highest BCUT2D eigenvalue weighted by molar-refractivity contribution is 6.00. The van der Waals surface area contributed by atoms with E-state index in [1.54, 1.807) is 0 Å². The normalized spacial score (nSPS) is 44.5. The van der Waals surface area contributed by atoms with Crippen LogP contribution in [0.3, 0.4) is 0 Å². The molecule has 10 unspecified atom stereocenters. The molecule has 35 heavy (non-hydrogen) atoms. The van der Waals surface area contributed by atoms with Gasteiger partial charge in [-0.3, -0.25) is 4.79 Å². The molecule has 1 saturated heterocycles. The van der Waals surface area contributed by atoms with Crippen molar-refractivity contribution in [3.63, 3.8) is 0 Å². The molecule has 0 saturated carbocycles. The van der Waals surface area contributed by atoms with Crippen LogP contribution in [0.1, 0.15) is 53.4 Å². The maximum absolute atomic E-state index is 12.8. The van der Waals surface area contributed by atoms with Crippen molar-refractivity contribution in [2.24, 2.45) is 17.3 Å². The molecule has 198 valence electrons. The Morgan fingerprint density at radius 2 is 1.71 bits per heavy atom. The van der Waals surface area contributed by atoms with Crippen molar-refractivity contribution in [3.8, 4) is 0 Å². The van der Waals surface area contributed by atoms with Crippen molar-refractivity contribution >= 4 is 5.78 Å². The van der Waals surface area contributed by atoms with Gasteiger partial charge in [0.1, 0.15) is 30.5 Å². The molecule has 0 amide bonds. The van der Waals surface area contributed by atoms with E-state index in [1.165, 1.54) is 7.11 Å². The number of aliphatic hydroxyl groups is 5. The molecule has 1 heterocycles. The molecule has 0 aromatic rings. The van der Waals surface area contributed by atoms with Crippen molar-refractivity contribution in [2.75, 3.05) is 13.7 Å². The average Bonchev–Trinajstić information content (AvgIpc) is 3.37. The lowest BCUT2D eigenvalue weighted by atomic mass is 9.67. The number of fused-ring (bicyclic) bond motifs is 1. The minimum atomic E-state index is -1.56. The lowest BCUT2D eigenvalue weighted by Crippen LogP contribution is -2.61. The molecule has 0 bridgehead atoms. The second kappa shape index (κ2) is 9.95. The minimum absolute atomic E-state index is 0.0246. The van der Waals surface area contributed by atoms with Crippen molar-refractivity contribution in [1.82, 2.24) is 0 Å². The minimum Gasteiger partial charge on any atom is -0.389 e. The summed E-state index contributed by atoms with van der Waals surface area (Å²) in [6, 6.07) is 0. The zero-order chi connectivity index (χ0) is 25.8. The summed E-state index contributed by atoms with van der Waals surface area (Å²) in [5.41, 5.74) is 2.09. The van der Waals surface area contributed by atoms with E-state index in [-0.39, 0.29) is 18.3 Å². The van der Waals surface area contributed by atoms with Gasteiger partial charge in [-0.1, -0.05) is 38.8 Å². The van der Waals surface area contributed by atoms with Gasteiger partial charge in [0.15, 0.2) is 12.1 Å². The summed E-state index contributed by atoms with van der Waals surface area (Å²) in [6.07, 6.45) is -7.77. The van der Waals surface area contributed by atoms with Gasteiger partial charge in [0.05, 0.1) is 18.8 Å². The molecule has 3 aliphatic carbocycles. The summed E-state index contributed by atoms with van der Waals surface area (Å²) in [6.45, 7) is 7.78. The van der Waals surface area contributed by atoms with Crippen molar-refractivity contribution in [3.05, 3.63) is 22.3 Å². The quantitative estimate of drug-likeness (QED) is 0.346. The van der Waals surface area contributed by atoms with E-state index in [2.05, 4.69) is 0 Å². The number of ketones is 1. The molecule has 9 nitrogen and oxygen atoms in total. The van der Waals surface area contributed by atoms with Crippen LogP contribution in [0.2, 0.25) is 0 Å². The van der Waals surface area contributed by atoms with Crippen LogP contribution in [0.15, 0.2) is 22.3 Å². The van der Waals surface area contributed by atoms with Crippen molar-refractivity contribution in [2.45, 2.75) is 102 Å². The lowest BCUT2D eigenvalue weighted by molar-refractivity contribution is -0.316. The summed E-state index contributed by atoms with van der Waals surface area (Å²) in [5, 5.41) is 54.8. The maximum atomic E-state index is 12.8. The van der Waals surface area contributed by atoms with Crippen LogP contribution in [0.4, 0.5) is 0 Å². The number of carbonyl (C=O) groups is 1. The first-order valence-electron chi connectivity index (χ1n) is 12.6. The Morgan fingerprint density at radius 3 is 2.34 bits per heavy atom. The van der Waals surface area contributed by atoms with E-state index >= 15 is 0 Å². The fraction of sp³-hybridized carbons (Fsp3) is 0.808. The number of aliphatic hydroxyl groups excluding tert-OH is 5. The van der Waals surface area contributed by atoms with E-state index in [1.807, 2.05) is 27.7 Å². The summed E-state index contributed by atoms with van der Waals surface area (Å²) in [4.78, 5) is 12.8. The predicted molar refractivity (Wildman–Crippen MR) is 125 cm³/mol. The standard InChI is InChI=1S/C26H40O9/c1-11(2)13-8-9-26(4)18(13)23(19(28)12(3)14-6-7-15(27)17(14)24(26)32)35-25-22(31)21(30)20(29)16(34-25)10-33-5/h11-12,16,19-25,28-32H,6-10H2,1-5H3. The summed E-state index contributed by atoms with van der Waals surface area (Å²) in [7, 11) is 1.43. The second-order valence-corrected chi connectivity index (χ2v) is 11.1. The second-order valence-electron chi connectivity index (χ2n) is 11.1. The molecule has 10 atom stereocenters. The van der Waals surface area contributed by atoms with Gasteiger partial charge in [-0.15, -0.1) is 0 Å². The summed E-state index contributed by atoms with van der Waals surface area (Å²) in [5.74, 6) is -0.450. The molecule has 0 radical (unpaired) electrons. The number of methoxy groups -OCH3 is 1. The van der Waals surface area contributed by atoms with Crippen LogP contribution < -0.4 is 0 Å². The molecule has 5 N–H and O–H groups in total. The number of allylic oxidation sites excluding steroid dienone is 1. The van der Waals surface area contributed by atoms with Crippen LogP contribution in [0.25, 0.3) is 0 Å².